The molecular formula is C11H14N2O3. The van der Waals surface area contributed by atoms with E-state index in [1.54, 1.807) is 6.07 Å². The molecule has 0 aromatic heterocycles. The second kappa shape index (κ2) is 4.85. The van der Waals surface area contributed by atoms with Gasteiger partial charge in [0.25, 0.3) is 0 Å². The molecule has 1 saturated heterocycles. The van der Waals surface area contributed by atoms with E-state index in [2.05, 4.69) is 15.4 Å². The first-order valence-electron chi connectivity index (χ1n) is 5.07. The third-order valence-corrected chi connectivity index (χ3v) is 2.30. The zero-order valence-electron chi connectivity index (χ0n) is 9.03. The van der Waals surface area contributed by atoms with Crippen LogP contribution in [0.5, 0.6) is 0 Å². The SMILES string of the molecule is COC(=O)Nc1cccc(NC2COC2)c1. The number of rotatable bonds is 3. The minimum absolute atomic E-state index is 0.369. The van der Waals surface area contributed by atoms with Gasteiger partial charge in [-0.05, 0) is 18.2 Å². The quantitative estimate of drug-likeness (QED) is 0.816. The first-order chi connectivity index (χ1) is 7.78. The van der Waals surface area contributed by atoms with Crippen LogP contribution in [0, 0.1) is 0 Å². The zero-order chi connectivity index (χ0) is 11.4. The lowest BCUT2D eigenvalue weighted by atomic mass is 10.2. The van der Waals surface area contributed by atoms with Crippen molar-refractivity contribution in [3.63, 3.8) is 0 Å². The largest absolute Gasteiger partial charge is 0.453 e. The van der Waals surface area contributed by atoms with Crippen molar-refractivity contribution in [2.75, 3.05) is 31.0 Å². The van der Waals surface area contributed by atoms with Crippen LogP contribution in [-0.2, 0) is 9.47 Å². The lowest BCUT2D eigenvalue weighted by molar-refractivity contribution is 0.0211. The molecule has 1 fully saturated rings. The number of ether oxygens (including phenoxy) is 2. The molecule has 0 saturated carbocycles. The van der Waals surface area contributed by atoms with Gasteiger partial charge in [-0.15, -0.1) is 0 Å². The van der Waals surface area contributed by atoms with Gasteiger partial charge in [0.15, 0.2) is 0 Å². The fourth-order valence-corrected chi connectivity index (χ4v) is 1.41. The van der Waals surface area contributed by atoms with E-state index in [1.807, 2.05) is 18.2 Å². The number of methoxy groups -OCH3 is 1. The second-order valence-electron chi connectivity index (χ2n) is 3.58. The van der Waals surface area contributed by atoms with E-state index >= 15 is 0 Å². The number of carbonyl (C=O) groups is 1. The standard InChI is InChI=1S/C11H14N2O3/c1-15-11(14)13-9-4-2-3-8(5-9)12-10-6-16-7-10/h2-5,10,12H,6-7H2,1H3,(H,13,14). The summed E-state index contributed by atoms with van der Waals surface area (Å²) >= 11 is 0. The number of anilines is 2. The van der Waals surface area contributed by atoms with Gasteiger partial charge in [-0.3, -0.25) is 5.32 Å². The highest BCUT2D eigenvalue weighted by molar-refractivity contribution is 5.85. The van der Waals surface area contributed by atoms with Crippen LogP contribution in [0.2, 0.25) is 0 Å². The lowest BCUT2D eigenvalue weighted by Gasteiger charge is -2.27. The molecule has 1 aliphatic rings. The average Bonchev–Trinajstić information content (AvgIpc) is 2.24. The van der Waals surface area contributed by atoms with Gasteiger partial charge < -0.3 is 14.8 Å². The van der Waals surface area contributed by atoms with Crippen molar-refractivity contribution in [3.05, 3.63) is 24.3 Å². The van der Waals surface area contributed by atoms with Gasteiger partial charge in [0.1, 0.15) is 0 Å². The Kier molecular flexibility index (Phi) is 3.26. The van der Waals surface area contributed by atoms with Crippen molar-refractivity contribution in [2.45, 2.75) is 6.04 Å². The molecule has 2 rings (SSSR count). The van der Waals surface area contributed by atoms with E-state index in [0.29, 0.717) is 11.7 Å². The monoisotopic (exact) mass is 222 g/mol. The molecule has 0 unspecified atom stereocenters. The van der Waals surface area contributed by atoms with E-state index in [9.17, 15) is 4.79 Å². The Morgan fingerprint density at radius 3 is 2.81 bits per heavy atom. The van der Waals surface area contributed by atoms with E-state index < -0.39 is 6.09 Å². The molecule has 5 heteroatoms. The predicted molar refractivity (Wildman–Crippen MR) is 60.7 cm³/mol. The first-order valence-corrected chi connectivity index (χ1v) is 5.07. The summed E-state index contributed by atoms with van der Waals surface area (Å²) in [7, 11) is 1.34. The molecule has 0 bridgehead atoms. The summed E-state index contributed by atoms with van der Waals surface area (Å²) in [6, 6.07) is 7.84. The number of hydrogen-bond acceptors (Lipinski definition) is 4. The fourth-order valence-electron chi connectivity index (χ4n) is 1.41. The number of carbonyl (C=O) groups excluding carboxylic acids is 1. The summed E-state index contributed by atoms with van der Waals surface area (Å²) < 4.78 is 9.58. The molecule has 0 aliphatic carbocycles. The van der Waals surface area contributed by atoms with E-state index in [0.717, 1.165) is 18.9 Å². The molecule has 86 valence electrons. The third-order valence-electron chi connectivity index (χ3n) is 2.30. The molecule has 1 amide bonds. The van der Waals surface area contributed by atoms with Crippen LogP contribution in [0.25, 0.3) is 0 Å². The van der Waals surface area contributed by atoms with Gasteiger partial charge in [0, 0.05) is 11.4 Å². The van der Waals surface area contributed by atoms with Crippen LogP contribution in [0.15, 0.2) is 24.3 Å². The van der Waals surface area contributed by atoms with Crippen molar-refractivity contribution in [1.82, 2.24) is 0 Å². The highest BCUT2D eigenvalue weighted by Gasteiger charge is 2.17. The molecule has 0 atom stereocenters. The van der Waals surface area contributed by atoms with Crippen molar-refractivity contribution >= 4 is 17.5 Å². The smallest absolute Gasteiger partial charge is 0.411 e. The zero-order valence-corrected chi connectivity index (χ0v) is 9.03. The molecule has 5 nitrogen and oxygen atoms in total. The Hall–Kier alpha value is -1.75. The van der Waals surface area contributed by atoms with Crippen LogP contribution < -0.4 is 10.6 Å². The summed E-state index contributed by atoms with van der Waals surface area (Å²) in [5.41, 5.74) is 1.67. The van der Waals surface area contributed by atoms with Gasteiger partial charge in [-0.1, -0.05) is 6.07 Å². The summed E-state index contributed by atoms with van der Waals surface area (Å²) in [6.07, 6.45) is -0.468. The molecule has 0 spiro atoms. The van der Waals surface area contributed by atoms with Gasteiger partial charge in [0.05, 0.1) is 26.4 Å². The lowest BCUT2D eigenvalue weighted by Crippen LogP contribution is -2.40. The molecular weight excluding hydrogens is 208 g/mol. The maximum Gasteiger partial charge on any atom is 0.411 e. The van der Waals surface area contributed by atoms with Crippen LogP contribution in [0.3, 0.4) is 0 Å². The maximum absolute atomic E-state index is 11.0. The van der Waals surface area contributed by atoms with Crippen LogP contribution in [0.1, 0.15) is 0 Å². The summed E-state index contributed by atoms with van der Waals surface area (Å²) in [5, 5.41) is 5.90. The van der Waals surface area contributed by atoms with Gasteiger partial charge in [-0.25, -0.2) is 4.79 Å². The normalized spacial score (nSPS) is 15.1. The molecule has 1 heterocycles. The Morgan fingerprint density at radius 2 is 2.19 bits per heavy atom. The summed E-state index contributed by atoms with van der Waals surface area (Å²) in [6.45, 7) is 1.46. The Morgan fingerprint density at radius 1 is 1.44 bits per heavy atom. The number of nitrogens with one attached hydrogen (secondary N) is 2. The number of hydrogen-bond donors (Lipinski definition) is 2. The minimum atomic E-state index is -0.468. The average molecular weight is 222 g/mol. The molecule has 1 aromatic carbocycles. The number of benzene rings is 1. The number of amides is 1. The van der Waals surface area contributed by atoms with Crippen LogP contribution in [-0.4, -0.2) is 32.5 Å². The van der Waals surface area contributed by atoms with Crippen LogP contribution in [0.4, 0.5) is 16.2 Å². The van der Waals surface area contributed by atoms with Crippen molar-refractivity contribution in [1.29, 1.82) is 0 Å². The van der Waals surface area contributed by atoms with E-state index in [1.165, 1.54) is 7.11 Å². The Labute approximate surface area is 93.7 Å². The fraction of sp³-hybridized carbons (Fsp3) is 0.364. The predicted octanol–water partition coefficient (Wildman–Crippen LogP) is 1.68. The topological polar surface area (TPSA) is 59.6 Å². The highest BCUT2D eigenvalue weighted by Crippen LogP contribution is 2.17. The molecule has 1 aliphatic heterocycles. The Balaban J connectivity index is 1.97. The molecule has 0 radical (unpaired) electrons. The highest BCUT2D eigenvalue weighted by atomic mass is 16.5. The first kappa shape index (κ1) is 10.8. The molecule has 16 heavy (non-hydrogen) atoms. The summed E-state index contributed by atoms with van der Waals surface area (Å²) in [4.78, 5) is 11.0. The van der Waals surface area contributed by atoms with Gasteiger partial charge >= 0.3 is 6.09 Å². The van der Waals surface area contributed by atoms with Crippen LogP contribution >= 0.6 is 0 Å². The molecule has 1 aromatic rings. The van der Waals surface area contributed by atoms with Gasteiger partial charge in [0.2, 0.25) is 0 Å². The second-order valence-corrected chi connectivity index (χ2v) is 3.58. The van der Waals surface area contributed by atoms with Crippen molar-refractivity contribution in [3.8, 4) is 0 Å². The third kappa shape index (κ3) is 2.64. The minimum Gasteiger partial charge on any atom is -0.453 e. The summed E-state index contributed by atoms with van der Waals surface area (Å²) in [5.74, 6) is 0. The van der Waals surface area contributed by atoms with Gasteiger partial charge in [-0.2, -0.15) is 0 Å². The Bertz CT molecular complexity index is 377. The van der Waals surface area contributed by atoms with E-state index in [4.69, 9.17) is 4.74 Å². The molecule has 2 N–H and O–H groups in total. The maximum atomic E-state index is 11.0. The van der Waals surface area contributed by atoms with E-state index in [-0.39, 0.29) is 0 Å². The van der Waals surface area contributed by atoms with Crippen molar-refractivity contribution in [2.24, 2.45) is 0 Å². The van der Waals surface area contributed by atoms with Crippen molar-refractivity contribution < 1.29 is 14.3 Å².